The lowest BCUT2D eigenvalue weighted by atomic mass is 10.1. The van der Waals surface area contributed by atoms with Gasteiger partial charge in [-0.05, 0) is 30.4 Å². The van der Waals surface area contributed by atoms with Crippen LogP contribution in [0.25, 0.3) is 0 Å². The summed E-state index contributed by atoms with van der Waals surface area (Å²) in [6.45, 7) is 3.48. The van der Waals surface area contributed by atoms with Crippen LogP contribution < -0.4 is 16.8 Å². The first-order chi connectivity index (χ1) is 15.0. The molecule has 0 aliphatic carbocycles. The fourth-order valence-electron chi connectivity index (χ4n) is 2.60. The second-order valence-electron chi connectivity index (χ2n) is 7.15. The zero-order valence-corrected chi connectivity index (χ0v) is 18.5. The van der Waals surface area contributed by atoms with Crippen molar-refractivity contribution in [1.29, 1.82) is 0 Å². The molecule has 0 heterocycles. The van der Waals surface area contributed by atoms with Gasteiger partial charge in [-0.2, -0.15) is 0 Å². The van der Waals surface area contributed by atoms with E-state index in [2.05, 4.69) is 17.4 Å². The van der Waals surface area contributed by atoms with Crippen molar-refractivity contribution in [2.24, 2.45) is 11.5 Å². The van der Waals surface area contributed by atoms with E-state index in [-0.39, 0.29) is 30.9 Å². The molecule has 2 amide bonds. The lowest BCUT2D eigenvalue weighted by Gasteiger charge is -2.11. The Morgan fingerprint density at radius 1 is 0.935 bits per heavy atom. The molecule has 9 heteroatoms. The minimum atomic E-state index is -0.342. The monoisotopic (exact) mass is 439 g/mol. The highest BCUT2D eigenvalue weighted by Gasteiger charge is 2.05. The van der Waals surface area contributed by atoms with Gasteiger partial charge >= 0.3 is 0 Å². The Morgan fingerprint density at radius 3 is 2.19 bits per heavy atom. The van der Waals surface area contributed by atoms with Crippen molar-refractivity contribution >= 4 is 11.8 Å². The van der Waals surface area contributed by atoms with Gasteiger partial charge in [-0.25, -0.2) is 0 Å². The predicted octanol–water partition coefficient (Wildman–Crippen LogP) is 0.524. The number of carbonyl (C=O) groups excluding carboxylic acids is 2. The number of carbonyl (C=O) groups is 2. The number of aryl methyl sites for hydroxylation is 1. The van der Waals surface area contributed by atoms with Crippen LogP contribution in [0.1, 0.15) is 30.4 Å². The molecule has 176 valence electrons. The third kappa shape index (κ3) is 15.4. The smallest absolute Gasteiger partial charge is 0.245 e. The van der Waals surface area contributed by atoms with Gasteiger partial charge in [0, 0.05) is 26.1 Å². The summed E-state index contributed by atoms with van der Waals surface area (Å²) in [7, 11) is 1.57. The molecule has 5 N–H and O–H groups in total. The van der Waals surface area contributed by atoms with E-state index >= 15 is 0 Å². The molecule has 0 unspecified atom stereocenters. The van der Waals surface area contributed by atoms with Crippen molar-refractivity contribution in [2.75, 3.05) is 53.3 Å². The molecule has 0 aromatic heterocycles. The van der Waals surface area contributed by atoms with E-state index in [0.29, 0.717) is 52.7 Å². The molecule has 0 saturated carbocycles. The average Bonchev–Trinajstić information content (AvgIpc) is 2.76. The van der Waals surface area contributed by atoms with Crippen LogP contribution in [0.3, 0.4) is 0 Å². The van der Waals surface area contributed by atoms with Gasteiger partial charge in [0.25, 0.3) is 0 Å². The van der Waals surface area contributed by atoms with Gasteiger partial charge in [0.15, 0.2) is 0 Å². The van der Waals surface area contributed by atoms with Gasteiger partial charge in [-0.15, -0.1) is 0 Å². The van der Waals surface area contributed by atoms with E-state index in [1.807, 2.05) is 12.1 Å². The number of hydrogen-bond acceptors (Lipinski definition) is 7. The number of benzene rings is 1. The molecule has 1 aromatic rings. The quantitative estimate of drug-likeness (QED) is 0.268. The fraction of sp³-hybridized carbons (Fsp3) is 0.636. The number of rotatable bonds is 19. The van der Waals surface area contributed by atoms with Crippen LogP contribution in [-0.4, -0.2) is 71.2 Å². The van der Waals surface area contributed by atoms with Crippen molar-refractivity contribution in [1.82, 2.24) is 5.32 Å². The van der Waals surface area contributed by atoms with Gasteiger partial charge < -0.3 is 35.7 Å². The zero-order valence-electron chi connectivity index (χ0n) is 18.5. The number of hydrogen-bond donors (Lipinski definition) is 3. The summed E-state index contributed by atoms with van der Waals surface area (Å²) in [5.41, 5.74) is 13.3. The number of nitrogens with two attached hydrogens (primary N) is 2. The minimum absolute atomic E-state index is 0.0525. The molecule has 0 bridgehead atoms. The molecule has 0 radical (unpaired) electrons. The molecule has 0 fully saturated rings. The molecular weight excluding hydrogens is 402 g/mol. The lowest BCUT2D eigenvalue weighted by molar-refractivity contribution is -0.125. The van der Waals surface area contributed by atoms with Crippen LogP contribution in [0, 0.1) is 0 Å². The fourth-order valence-corrected chi connectivity index (χ4v) is 2.60. The van der Waals surface area contributed by atoms with E-state index in [0.717, 1.165) is 18.4 Å². The first-order valence-electron chi connectivity index (χ1n) is 10.6. The third-order valence-electron chi connectivity index (χ3n) is 4.40. The van der Waals surface area contributed by atoms with Crippen molar-refractivity contribution in [3.05, 3.63) is 35.4 Å². The summed E-state index contributed by atoms with van der Waals surface area (Å²) < 4.78 is 21.7. The number of ether oxygens (including phenoxy) is 4. The van der Waals surface area contributed by atoms with Gasteiger partial charge in [0.1, 0.15) is 6.61 Å². The summed E-state index contributed by atoms with van der Waals surface area (Å²) in [6, 6.07) is 8.09. The Morgan fingerprint density at radius 2 is 1.55 bits per heavy atom. The van der Waals surface area contributed by atoms with E-state index in [1.165, 1.54) is 5.56 Å². The maximum absolute atomic E-state index is 10.9. The molecule has 1 atom stereocenters. The standard InChI is InChI=1S/C22H37N3O6/c1-25-22(27)17-30-14-13-29-12-11-28-10-2-3-18-4-6-19(7-5-18)15-31-16-20(23)8-9-21(24)26/h4-7,20H,2-3,8-17,23H2,1H3,(H2,24,26)(H,25,27)/t20-/m0/s1. The number of nitrogens with one attached hydrogen (secondary N) is 1. The molecule has 0 aliphatic heterocycles. The molecule has 0 spiro atoms. The maximum Gasteiger partial charge on any atom is 0.245 e. The van der Waals surface area contributed by atoms with E-state index in [4.69, 9.17) is 30.4 Å². The van der Waals surface area contributed by atoms with Crippen molar-refractivity contribution in [3.63, 3.8) is 0 Å². The summed E-state index contributed by atoms with van der Waals surface area (Å²) in [6.07, 6.45) is 2.69. The number of likely N-dealkylation sites (N-methyl/N-ethyl adjacent to an activating group) is 1. The Kier molecular flexibility index (Phi) is 15.3. The van der Waals surface area contributed by atoms with Crippen LogP contribution in [-0.2, 0) is 41.6 Å². The largest absolute Gasteiger partial charge is 0.379 e. The molecular formula is C22H37N3O6. The molecule has 9 nitrogen and oxygen atoms in total. The van der Waals surface area contributed by atoms with E-state index in [9.17, 15) is 9.59 Å². The highest BCUT2D eigenvalue weighted by Crippen LogP contribution is 2.08. The van der Waals surface area contributed by atoms with Crippen LogP contribution in [0.4, 0.5) is 0 Å². The molecule has 1 rings (SSSR count). The topological polar surface area (TPSA) is 135 Å². The normalized spacial score (nSPS) is 11.9. The summed E-state index contributed by atoms with van der Waals surface area (Å²) >= 11 is 0. The summed E-state index contributed by atoms with van der Waals surface area (Å²) in [5, 5.41) is 2.48. The summed E-state index contributed by atoms with van der Waals surface area (Å²) in [4.78, 5) is 21.7. The zero-order chi connectivity index (χ0) is 22.7. The highest BCUT2D eigenvalue weighted by atomic mass is 16.5. The Labute approximate surface area is 184 Å². The van der Waals surface area contributed by atoms with Crippen LogP contribution in [0.15, 0.2) is 24.3 Å². The van der Waals surface area contributed by atoms with Crippen LogP contribution in [0.5, 0.6) is 0 Å². The molecule has 31 heavy (non-hydrogen) atoms. The Balaban J connectivity index is 1.98. The third-order valence-corrected chi connectivity index (χ3v) is 4.40. The average molecular weight is 440 g/mol. The van der Waals surface area contributed by atoms with E-state index < -0.39 is 0 Å². The highest BCUT2D eigenvalue weighted by molar-refractivity contribution is 5.76. The SMILES string of the molecule is CNC(=O)COCCOCCOCCCc1ccc(COC[C@@H](N)CCC(N)=O)cc1. The molecule has 0 saturated heterocycles. The first kappa shape index (κ1) is 27.0. The van der Waals surface area contributed by atoms with Crippen molar-refractivity contribution in [2.45, 2.75) is 38.3 Å². The van der Waals surface area contributed by atoms with Crippen LogP contribution in [0.2, 0.25) is 0 Å². The number of amides is 2. The maximum atomic E-state index is 10.9. The second-order valence-corrected chi connectivity index (χ2v) is 7.15. The van der Waals surface area contributed by atoms with Crippen LogP contribution >= 0.6 is 0 Å². The summed E-state index contributed by atoms with van der Waals surface area (Å²) in [5.74, 6) is -0.490. The lowest BCUT2D eigenvalue weighted by Crippen LogP contribution is -2.28. The van der Waals surface area contributed by atoms with Gasteiger partial charge in [0.05, 0.1) is 39.6 Å². The van der Waals surface area contributed by atoms with Crippen molar-refractivity contribution < 1.29 is 28.5 Å². The van der Waals surface area contributed by atoms with Gasteiger partial charge in [-0.3, -0.25) is 9.59 Å². The molecule has 1 aromatic carbocycles. The Bertz CT molecular complexity index is 612. The number of primary amides is 1. The predicted molar refractivity (Wildman–Crippen MR) is 117 cm³/mol. The van der Waals surface area contributed by atoms with Gasteiger partial charge in [-0.1, -0.05) is 24.3 Å². The first-order valence-corrected chi connectivity index (χ1v) is 10.6. The van der Waals surface area contributed by atoms with Crippen molar-refractivity contribution in [3.8, 4) is 0 Å². The minimum Gasteiger partial charge on any atom is -0.379 e. The molecule has 0 aliphatic rings. The Hall–Kier alpha value is -2.04. The second kappa shape index (κ2) is 17.6. The van der Waals surface area contributed by atoms with Gasteiger partial charge in [0.2, 0.25) is 11.8 Å². The van der Waals surface area contributed by atoms with E-state index in [1.54, 1.807) is 7.05 Å².